The Balaban J connectivity index is 1.86. The van der Waals surface area contributed by atoms with Crippen LogP contribution in [0, 0.1) is 17.0 Å². The van der Waals surface area contributed by atoms with Crippen LogP contribution < -0.4 is 0 Å². The van der Waals surface area contributed by atoms with E-state index in [0.29, 0.717) is 11.5 Å². The number of aromatic nitrogens is 2. The number of methoxy groups -OCH3 is 1. The monoisotopic (exact) mass is 503 g/mol. The van der Waals surface area contributed by atoms with Gasteiger partial charge in [-0.3, -0.25) is 19.7 Å². The molecule has 1 aromatic heterocycles. The van der Waals surface area contributed by atoms with Gasteiger partial charge in [-0.1, -0.05) is 25.4 Å². The van der Waals surface area contributed by atoms with Gasteiger partial charge in [-0.25, -0.2) is 14.8 Å². The predicted octanol–water partition coefficient (Wildman–Crippen LogP) is 3.24. The fraction of sp³-hybridized carbons (Fsp3) is 0.435. The topological polar surface area (TPSA) is 136 Å². The number of piperazine rings is 1. The van der Waals surface area contributed by atoms with Gasteiger partial charge in [0.05, 0.1) is 17.7 Å². The normalized spacial score (nSPS) is 15.8. The maximum atomic E-state index is 13.5. The first-order chi connectivity index (χ1) is 16.5. The number of esters is 1. The van der Waals surface area contributed by atoms with E-state index >= 15 is 0 Å². The fourth-order valence-electron chi connectivity index (χ4n) is 4.02. The van der Waals surface area contributed by atoms with Crippen molar-refractivity contribution in [2.24, 2.45) is 0 Å². The summed E-state index contributed by atoms with van der Waals surface area (Å²) >= 11 is 5.86. The molecule has 2 amide bonds. The number of rotatable bonds is 5. The highest BCUT2D eigenvalue weighted by atomic mass is 35.5. The zero-order valence-electron chi connectivity index (χ0n) is 20.1. The summed E-state index contributed by atoms with van der Waals surface area (Å²) in [5.74, 6) is -1.34. The zero-order valence-corrected chi connectivity index (χ0v) is 20.8. The van der Waals surface area contributed by atoms with Crippen molar-refractivity contribution in [2.45, 2.75) is 39.7 Å². The average molecular weight is 504 g/mol. The van der Waals surface area contributed by atoms with Crippen molar-refractivity contribution in [3.8, 4) is 0 Å². The molecule has 1 aliphatic rings. The van der Waals surface area contributed by atoms with Gasteiger partial charge in [0, 0.05) is 37.3 Å². The summed E-state index contributed by atoms with van der Waals surface area (Å²) in [6.45, 7) is 7.69. The first-order valence-electron chi connectivity index (χ1n) is 11.0. The van der Waals surface area contributed by atoms with Gasteiger partial charge < -0.3 is 14.5 Å². The van der Waals surface area contributed by atoms with E-state index in [0.717, 1.165) is 6.07 Å². The molecule has 0 spiro atoms. The first-order valence-corrected chi connectivity index (χ1v) is 11.3. The molecular formula is C23H26ClN5O6. The largest absolute Gasteiger partial charge is 0.465 e. The molecule has 0 radical (unpaired) electrons. The lowest BCUT2D eigenvalue weighted by Gasteiger charge is -2.40. The van der Waals surface area contributed by atoms with Gasteiger partial charge in [-0.15, -0.1) is 0 Å². The van der Waals surface area contributed by atoms with Crippen LogP contribution in [0.4, 0.5) is 5.69 Å². The smallest absolute Gasteiger partial charge is 0.342 e. The van der Waals surface area contributed by atoms with Crippen LogP contribution in [0.5, 0.6) is 0 Å². The van der Waals surface area contributed by atoms with E-state index in [1.54, 1.807) is 18.7 Å². The van der Waals surface area contributed by atoms with Crippen LogP contribution in [-0.4, -0.2) is 75.3 Å². The quantitative estimate of drug-likeness (QED) is 0.344. The van der Waals surface area contributed by atoms with Crippen LogP contribution in [0.25, 0.3) is 0 Å². The summed E-state index contributed by atoms with van der Waals surface area (Å²) in [6, 6.07) is 3.50. The van der Waals surface area contributed by atoms with Crippen LogP contribution in [0.3, 0.4) is 0 Å². The van der Waals surface area contributed by atoms with Gasteiger partial charge in [-0.2, -0.15) is 0 Å². The fourth-order valence-corrected chi connectivity index (χ4v) is 4.20. The van der Waals surface area contributed by atoms with E-state index < -0.39 is 28.7 Å². The Labute approximate surface area is 207 Å². The lowest BCUT2D eigenvalue weighted by molar-refractivity contribution is -0.384. The maximum Gasteiger partial charge on any atom is 0.342 e. The van der Waals surface area contributed by atoms with E-state index in [4.69, 9.17) is 16.3 Å². The first kappa shape index (κ1) is 26.0. The summed E-state index contributed by atoms with van der Waals surface area (Å²) in [7, 11) is 1.23. The summed E-state index contributed by atoms with van der Waals surface area (Å²) in [4.78, 5) is 61.3. The van der Waals surface area contributed by atoms with Gasteiger partial charge in [0.25, 0.3) is 17.5 Å². The minimum atomic E-state index is -0.691. The third-order valence-corrected chi connectivity index (χ3v) is 6.07. The van der Waals surface area contributed by atoms with Crippen molar-refractivity contribution >= 4 is 35.1 Å². The minimum Gasteiger partial charge on any atom is -0.465 e. The number of nitro benzene ring substituents is 1. The molecule has 0 bridgehead atoms. The second kappa shape index (κ2) is 10.3. The van der Waals surface area contributed by atoms with E-state index in [2.05, 4.69) is 9.97 Å². The molecule has 35 heavy (non-hydrogen) atoms. The van der Waals surface area contributed by atoms with Gasteiger partial charge in [0.2, 0.25) is 0 Å². The van der Waals surface area contributed by atoms with Crippen LogP contribution >= 0.6 is 11.6 Å². The molecule has 0 N–H and O–H groups in total. The third-order valence-electron chi connectivity index (χ3n) is 5.75. The van der Waals surface area contributed by atoms with Gasteiger partial charge in [-0.05, 0) is 31.9 Å². The molecule has 11 nitrogen and oxygen atoms in total. The van der Waals surface area contributed by atoms with Crippen molar-refractivity contribution in [3.05, 3.63) is 61.7 Å². The van der Waals surface area contributed by atoms with Gasteiger partial charge >= 0.3 is 5.97 Å². The highest BCUT2D eigenvalue weighted by Gasteiger charge is 2.35. The summed E-state index contributed by atoms with van der Waals surface area (Å²) in [5, 5.41) is 11.1. The van der Waals surface area contributed by atoms with Crippen molar-refractivity contribution in [3.63, 3.8) is 0 Å². The maximum absolute atomic E-state index is 13.5. The standard InChI is InChI=1S/C23H26ClN5O6/c1-12(2)19-18(23(32)35-5)20(26-14(4)25-19)22(31)27-8-9-28(13(3)11-27)21(30)15-6-7-16(24)17(10-15)29(33)34/h6-7,10,12-13H,8-9,11H2,1-5H3. The van der Waals surface area contributed by atoms with E-state index in [1.807, 2.05) is 13.8 Å². The van der Waals surface area contributed by atoms with E-state index in [-0.39, 0.29) is 53.1 Å². The number of aryl methyl sites for hydroxylation is 1. The van der Waals surface area contributed by atoms with Gasteiger partial charge in [0.1, 0.15) is 22.1 Å². The van der Waals surface area contributed by atoms with Crippen molar-refractivity contribution in [1.82, 2.24) is 19.8 Å². The molecule has 2 aromatic rings. The summed E-state index contributed by atoms with van der Waals surface area (Å²) in [6.07, 6.45) is 0. The lowest BCUT2D eigenvalue weighted by Crippen LogP contribution is -2.55. The van der Waals surface area contributed by atoms with Crippen LogP contribution in [0.2, 0.25) is 5.02 Å². The third kappa shape index (κ3) is 5.24. The molecule has 3 rings (SSSR count). The minimum absolute atomic E-state index is 0.0339. The Morgan fingerprint density at radius 1 is 1.20 bits per heavy atom. The number of nitrogens with zero attached hydrogens (tertiary/aromatic N) is 5. The van der Waals surface area contributed by atoms with Crippen LogP contribution in [0.1, 0.15) is 69.4 Å². The number of hydrogen-bond donors (Lipinski definition) is 0. The van der Waals surface area contributed by atoms with Crippen LogP contribution in [0.15, 0.2) is 18.2 Å². The highest BCUT2D eigenvalue weighted by molar-refractivity contribution is 6.32. The Hall–Kier alpha value is -3.60. The highest BCUT2D eigenvalue weighted by Crippen LogP contribution is 2.27. The number of amides is 2. The average Bonchev–Trinajstić information content (AvgIpc) is 2.82. The molecule has 2 heterocycles. The predicted molar refractivity (Wildman–Crippen MR) is 127 cm³/mol. The van der Waals surface area contributed by atoms with Crippen LogP contribution in [-0.2, 0) is 4.74 Å². The Bertz CT molecular complexity index is 1200. The molecule has 1 aromatic carbocycles. The molecule has 186 valence electrons. The van der Waals surface area contributed by atoms with Crippen molar-refractivity contribution in [1.29, 1.82) is 0 Å². The van der Waals surface area contributed by atoms with Crippen molar-refractivity contribution in [2.75, 3.05) is 26.7 Å². The van der Waals surface area contributed by atoms with Gasteiger partial charge in [0.15, 0.2) is 0 Å². The Morgan fingerprint density at radius 2 is 1.89 bits per heavy atom. The molecule has 0 aliphatic carbocycles. The second-order valence-electron chi connectivity index (χ2n) is 8.55. The number of carbonyl (C=O) groups is 3. The van der Waals surface area contributed by atoms with E-state index in [9.17, 15) is 24.5 Å². The number of hydrogen-bond acceptors (Lipinski definition) is 8. The number of carbonyl (C=O) groups excluding carboxylic acids is 3. The number of nitro groups is 1. The Kier molecular flexibility index (Phi) is 7.69. The SMILES string of the molecule is COC(=O)c1c(C(=O)N2CCN(C(=O)c3ccc(Cl)c([N+](=O)[O-])c3)C(C)C2)nc(C)nc1C(C)C. The van der Waals surface area contributed by atoms with E-state index in [1.165, 1.54) is 24.1 Å². The molecule has 1 aliphatic heterocycles. The molecule has 1 saturated heterocycles. The second-order valence-corrected chi connectivity index (χ2v) is 8.96. The molecule has 1 unspecified atom stereocenters. The molecule has 0 saturated carbocycles. The number of halogens is 1. The lowest BCUT2D eigenvalue weighted by atomic mass is 10.0. The van der Waals surface area contributed by atoms with Crippen molar-refractivity contribution < 1.29 is 24.0 Å². The summed E-state index contributed by atoms with van der Waals surface area (Å²) in [5.41, 5.74) is 0.216. The zero-order chi connectivity index (χ0) is 26.0. The molecule has 1 atom stereocenters. The molecule has 12 heteroatoms. The molecule has 1 fully saturated rings. The summed E-state index contributed by atoms with van der Waals surface area (Å²) < 4.78 is 4.90. The Morgan fingerprint density at radius 3 is 2.46 bits per heavy atom. The number of ether oxygens (including phenoxy) is 1. The number of benzene rings is 1. The molecular weight excluding hydrogens is 478 g/mol.